The molecule has 2 saturated heterocycles. The standard InChI is InChI=1S/C24H29NO14/c1-8-5-14(28)36-12-6-10(3-4-11(8)12)35-24-19(32)18(31)20(21(39-24)22(33)34)38-23-15(25-9(2)27)17(30)16(29)13(7-26)37-23/h3-6,13,15-21,23-24,26,29-32H,7H2,1-2H3,(H,25,27)(H,33,34)/t13-,15-,16-,17-,18-,19-,20+,21+,23-,24-/m1/s1. The molecule has 15 heteroatoms. The number of carboxylic acids is 1. The van der Waals surface area contributed by atoms with Crippen LogP contribution in [0.3, 0.4) is 0 Å². The largest absolute Gasteiger partial charge is 0.479 e. The van der Waals surface area contributed by atoms with Gasteiger partial charge in [0.15, 0.2) is 12.4 Å². The molecule has 15 nitrogen and oxygen atoms in total. The number of aliphatic hydroxyl groups excluding tert-OH is 5. The van der Waals surface area contributed by atoms with Crippen LogP contribution in [0.1, 0.15) is 12.5 Å². The van der Waals surface area contributed by atoms with Gasteiger partial charge in [0, 0.05) is 24.4 Å². The Hall–Kier alpha value is -3.15. The summed E-state index contributed by atoms with van der Waals surface area (Å²) >= 11 is 0. The average molecular weight is 555 g/mol. The normalized spacial score (nSPS) is 34.9. The lowest BCUT2D eigenvalue weighted by molar-refractivity contribution is -0.332. The summed E-state index contributed by atoms with van der Waals surface area (Å²) in [5, 5.41) is 64.4. The lowest BCUT2D eigenvalue weighted by Gasteiger charge is -2.46. The van der Waals surface area contributed by atoms with E-state index in [9.17, 15) is 45.0 Å². The Balaban J connectivity index is 1.57. The number of hydrogen-bond donors (Lipinski definition) is 7. The van der Waals surface area contributed by atoms with Gasteiger partial charge in [-0.05, 0) is 24.6 Å². The molecule has 0 aliphatic carbocycles. The highest BCUT2D eigenvalue weighted by Gasteiger charge is 2.53. The van der Waals surface area contributed by atoms with Crippen LogP contribution in [0.15, 0.2) is 33.5 Å². The van der Waals surface area contributed by atoms with Crippen LogP contribution >= 0.6 is 0 Å². The van der Waals surface area contributed by atoms with Crippen LogP contribution in [0.25, 0.3) is 11.0 Å². The van der Waals surface area contributed by atoms with E-state index in [0.717, 1.165) is 6.92 Å². The van der Waals surface area contributed by atoms with E-state index in [0.29, 0.717) is 10.9 Å². The van der Waals surface area contributed by atoms with E-state index < -0.39 is 85.5 Å². The Morgan fingerprint density at radius 2 is 1.72 bits per heavy atom. The van der Waals surface area contributed by atoms with Crippen LogP contribution in [-0.4, -0.2) is 110 Å². The minimum atomic E-state index is -1.95. The van der Waals surface area contributed by atoms with E-state index in [-0.39, 0.29) is 11.3 Å². The summed E-state index contributed by atoms with van der Waals surface area (Å²) in [6.07, 6.45) is -15.7. The number of aliphatic hydroxyl groups is 5. The number of carboxylic acid groups (broad SMARTS) is 1. The molecule has 2 fully saturated rings. The molecule has 39 heavy (non-hydrogen) atoms. The number of aliphatic carboxylic acids is 1. The van der Waals surface area contributed by atoms with Gasteiger partial charge in [0.2, 0.25) is 12.2 Å². The summed E-state index contributed by atoms with van der Waals surface area (Å²) in [6, 6.07) is 4.24. The number of nitrogens with one attached hydrogen (secondary N) is 1. The van der Waals surface area contributed by atoms with Crippen molar-refractivity contribution in [1.29, 1.82) is 0 Å². The van der Waals surface area contributed by atoms with Crippen LogP contribution in [0.4, 0.5) is 0 Å². The predicted molar refractivity (Wildman–Crippen MR) is 126 cm³/mol. The molecule has 0 spiro atoms. The highest BCUT2D eigenvalue weighted by atomic mass is 16.7. The molecule has 0 radical (unpaired) electrons. The van der Waals surface area contributed by atoms with E-state index in [4.69, 9.17) is 23.4 Å². The van der Waals surface area contributed by atoms with Crippen molar-refractivity contribution in [3.05, 3.63) is 40.2 Å². The molecule has 7 N–H and O–H groups in total. The molecule has 0 bridgehead atoms. The van der Waals surface area contributed by atoms with E-state index in [2.05, 4.69) is 5.32 Å². The van der Waals surface area contributed by atoms with Crippen LogP contribution in [0.5, 0.6) is 5.75 Å². The second-order valence-electron chi connectivity index (χ2n) is 9.30. The zero-order valence-electron chi connectivity index (χ0n) is 20.7. The maximum Gasteiger partial charge on any atom is 0.336 e. The van der Waals surface area contributed by atoms with Crippen molar-refractivity contribution in [2.24, 2.45) is 0 Å². The number of benzene rings is 1. The second kappa shape index (κ2) is 11.5. The van der Waals surface area contributed by atoms with E-state index >= 15 is 0 Å². The maximum absolute atomic E-state index is 12.1. The molecule has 2 aliphatic rings. The fourth-order valence-corrected chi connectivity index (χ4v) is 4.54. The summed E-state index contributed by atoms with van der Waals surface area (Å²) in [7, 11) is 0. The average Bonchev–Trinajstić information content (AvgIpc) is 2.87. The number of rotatable bonds is 7. The number of fused-ring (bicyclic) bond motifs is 1. The number of ether oxygens (including phenoxy) is 4. The van der Waals surface area contributed by atoms with Crippen molar-refractivity contribution < 1.29 is 63.6 Å². The van der Waals surface area contributed by atoms with Gasteiger partial charge in [-0.3, -0.25) is 4.79 Å². The molecular formula is C24H29NO14. The van der Waals surface area contributed by atoms with Gasteiger partial charge in [-0.25, -0.2) is 9.59 Å². The van der Waals surface area contributed by atoms with Crippen molar-refractivity contribution in [2.45, 2.75) is 75.2 Å². The Bertz CT molecular complexity index is 1270. The van der Waals surface area contributed by atoms with Gasteiger partial charge in [0.25, 0.3) is 0 Å². The van der Waals surface area contributed by atoms with Gasteiger partial charge >= 0.3 is 11.6 Å². The quantitative estimate of drug-likeness (QED) is 0.173. The van der Waals surface area contributed by atoms with Crippen molar-refractivity contribution in [1.82, 2.24) is 5.32 Å². The molecular weight excluding hydrogens is 526 g/mol. The SMILES string of the molecule is CC(=O)N[C@H]1[C@@H](O[C@H]2[C@H](O)[C@@H](O)[C@H](Oc3ccc4c(C)cc(=O)oc4c3)O[C@@H]2C(=O)O)O[C@H](CO)[C@@H](O)[C@@H]1O. The Labute approximate surface area is 220 Å². The molecule has 0 unspecified atom stereocenters. The lowest BCUT2D eigenvalue weighted by Crippen LogP contribution is -2.68. The van der Waals surface area contributed by atoms with Crippen LogP contribution in [-0.2, 0) is 23.8 Å². The minimum Gasteiger partial charge on any atom is -0.479 e. The van der Waals surface area contributed by atoms with Gasteiger partial charge < -0.3 is 59.3 Å². The fraction of sp³-hybridized carbons (Fsp3) is 0.542. The van der Waals surface area contributed by atoms with E-state index in [1.54, 1.807) is 13.0 Å². The molecule has 214 valence electrons. The number of carbonyl (C=O) groups is 2. The first-order valence-corrected chi connectivity index (χ1v) is 11.9. The fourth-order valence-electron chi connectivity index (χ4n) is 4.54. The van der Waals surface area contributed by atoms with Crippen LogP contribution in [0.2, 0.25) is 0 Å². The monoisotopic (exact) mass is 555 g/mol. The highest BCUT2D eigenvalue weighted by molar-refractivity contribution is 5.81. The van der Waals surface area contributed by atoms with Gasteiger partial charge in [-0.2, -0.15) is 0 Å². The smallest absolute Gasteiger partial charge is 0.336 e. The summed E-state index contributed by atoms with van der Waals surface area (Å²) in [4.78, 5) is 35.4. The Morgan fingerprint density at radius 3 is 2.36 bits per heavy atom. The third-order valence-electron chi connectivity index (χ3n) is 6.50. The van der Waals surface area contributed by atoms with E-state index in [1.165, 1.54) is 18.2 Å². The van der Waals surface area contributed by atoms with Crippen molar-refractivity contribution >= 4 is 22.8 Å². The molecule has 3 heterocycles. The molecule has 4 rings (SSSR count). The zero-order valence-corrected chi connectivity index (χ0v) is 20.7. The van der Waals surface area contributed by atoms with Gasteiger partial charge in [-0.1, -0.05) is 0 Å². The first-order chi connectivity index (χ1) is 18.4. The molecule has 1 amide bonds. The molecule has 10 atom stereocenters. The summed E-state index contributed by atoms with van der Waals surface area (Å²) in [5.74, 6) is -2.25. The van der Waals surface area contributed by atoms with Gasteiger partial charge in [0.1, 0.15) is 54.0 Å². The van der Waals surface area contributed by atoms with Crippen LogP contribution < -0.4 is 15.7 Å². The van der Waals surface area contributed by atoms with Crippen molar-refractivity contribution in [3.63, 3.8) is 0 Å². The number of hydrogen-bond acceptors (Lipinski definition) is 13. The Kier molecular flexibility index (Phi) is 8.53. The number of amides is 1. The summed E-state index contributed by atoms with van der Waals surface area (Å²) < 4.78 is 27.2. The first kappa shape index (κ1) is 28.8. The molecule has 2 aliphatic heterocycles. The predicted octanol–water partition coefficient (Wildman–Crippen LogP) is -2.66. The molecule has 0 saturated carbocycles. The van der Waals surface area contributed by atoms with Crippen molar-refractivity contribution in [2.75, 3.05) is 6.61 Å². The third kappa shape index (κ3) is 5.90. The first-order valence-electron chi connectivity index (χ1n) is 11.9. The molecule has 1 aromatic carbocycles. The lowest BCUT2D eigenvalue weighted by atomic mass is 9.95. The summed E-state index contributed by atoms with van der Waals surface area (Å²) in [6.45, 7) is 2.05. The second-order valence-corrected chi connectivity index (χ2v) is 9.30. The summed E-state index contributed by atoms with van der Waals surface area (Å²) in [5.41, 5.74) is 0.208. The molecule has 1 aromatic heterocycles. The topological polar surface area (TPSA) is 235 Å². The highest BCUT2D eigenvalue weighted by Crippen LogP contribution is 2.31. The maximum atomic E-state index is 12.1. The van der Waals surface area contributed by atoms with Crippen molar-refractivity contribution in [3.8, 4) is 5.75 Å². The van der Waals surface area contributed by atoms with E-state index in [1.807, 2.05) is 0 Å². The number of aryl methyl sites for hydroxylation is 1. The minimum absolute atomic E-state index is 0.0280. The Morgan fingerprint density at radius 1 is 1.00 bits per heavy atom. The van der Waals surface area contributed by atoms with Crippen LogP contribution in [0, 0.1) is 6.92 Å². The molecule has 2 aromatic rings. The van der Waals surface area contributed by atoms with Gasteiger partial charge in [0.05, 0.1) is 6.61 Å². The zero-order chi connectivity index (χ0) is 28.6. The third-order valence-corrected chi connectivity index (χ3v) is 6.50. The number of carbonyl (C=O) groups excluding carboxylic acids is 1. The van der Waals surface area contributed by atoms with Gasteiger partial charge in [-0.15, -0.1) is 0 Å².